The number of piperidine rings is 1. The van der Waals surface area contributed by atoms with E-state index in [-0.39, 0.29) is 0 Å². The Hall–Kier alpha value is -1.13. The van der Waals surface area contributed by atoms with Crippen molar-refractivity contribution in [2.75, 3.05) is 45.2 Å². The summed E-state index contributed by atoms with van der Waals surface area (Å²) >= 11 is 0. The van der Waals surface area contributed by atoms with E-state index in [0.717, 1.165) is 43.6 Å². The van der Waals surface area contributed by atoms with Crippen LogP contribution in [-0.4, -0.2) is 50.2 Å². The monoisotopic (exact) mass is 290 g/mol. The van der Waals surface area contributed by atoms with E-state index in [4.69, 9.17) is 4.98 Å². The summed E-state index contributed by atoms with van der Waals surface area (Å²) in [7, 11) is 4.33. The molecular weight excluding hydrogens is 260 g/mol. The fraction of sp³-hybridized carbons (Fsp3) is 0.706. The number of hydrogen-bond acceptors (Lipinski definition) is 4. The van der Waals surface area contributed by atoms with Gasteiger partial charge >= 0.3 is 0 Å². The highest BCUT2D eigenvalue weighted by atomic mass is 15.2. The molecule has 1 N–H and O–H groups in total. The Kier molecular flexibility index (Phi) is 6.46. The van der Waals surface area contributed by atoms with Gasteiger partial charge in [0.2, 0.25) is 0 Å². The van der Waals surface area contributed by atoms with Crippen molar-refractivity contribution in [2.24, 2.45) is 5.92 Å². The summed E-state index contributed by atoms with van der Waals surface area (Å²) in [5, 5.41) is 3.42. The molecular formula is C17H30N4. The molecule has 4 heteroatoms. The summed E-state index contributed by atoms with van der Waals surface area (Å²) < 4.78 is 0. The van der Waals surface area contributed by atoms with Crippen molar-refractivity contribution in [2.45, 2.75) is 32.7 Å². The molecule has 0 saturated carbocycles. The molecule has 0 atom stereocenters. The first-order chi connectivity index (χ1) is 10.2. The van der Waals surface area contributed by atoms with Gasteiger partial charge in [0.25, 0.3) is 0 Å². The standard InChI is InChI=1S/C17H30N4/c1-4-10-18-13-16-6-5-7-17(19-16)21-11-8-15(9-12-21)14-20(2)3/h5-7,15,18H,4,8-14H2,1-3H3. The minimum absolute atomic E-state index is 0.839. The highest BCUT2D eigenvalue weighted by Crippen LogP contribution is 2.22. The van der Waals surface area contributed by atoms with Crippen molar-refractivity contribution in [3.05, 3.63) is 23.9 Å². The molecule has 0 bridgehead atoms. The zero-order chi connectivity index (χ0) is 15.1. The third-order valence-corrected chi connectivity index (χ3v) is 4.09. The van der Waals surface area contributed by atoms with E-state index in [0.29, 0.717) is 0 Å². The average molecular weight is 290 g/mol. The van der Waals surface area contributed by atoms with Crippen LogP contribution in [0, 0.1) is 5.92 Å². The number of anilines is 1. The summed E-state index contributed by atoms with van der Waals surface area (Å²) in [4.78, 5) is 9.55. The highest BCUT2D eigenvalue weighted by Gasteiger charge is 2.20. The summed E-state index contributed by atoms with van der Waals surface area (Å²) in [5.41, 5.74) is 1.15. The first-order valence-electron chi connectivity index (χ1n) is 8.25. The van der Waals surface area contributed by atoms with Gasteiger partial charge in [-0.2, -0.15) is 0 Å². The quantitative estimate of drug-likeness (QED) is 0.781. The molecule has 21 heavy (non-hydrogen) atoms. The number of rotatable bonds is 7. The molecule has 2 heterocycles. The molecule has 0 spiro atoms. The smallest absolute Gasteiger partial charge is 0.128 e. The largest absolute Gasteiger partial charge is 0.357 e. The van der Waals surface area contributed by atoms with Crippen molar-refractivity contribution in [1.29, 1.82) is 0 Å². The summed E-state index contributed by atoms with van der Waals surface area (Å²) in [6.07, 6.45) is 3.72. The van der Waals surface area contributed by atoms with Crippen molar-refractivity contribution < 1.29 is 0 Å². The van der Waals surface area contributed by atoms with Gasteiger partial charge < -0.3 is 15.1 Å². The van der Waals surface area contributed by atoms with Gasteiger partial charge in [-0.15, -0.1) is 0 Å². The molecule has 4 nitrogen and oxygen atoms in total. The molecule has 0 aromatic carbocycles. The van der Waals surface area contributed by atoms with Crippen LogP contribution in [0.15, 0.2) is 18.2 Å². The Morgan fingerprint density at radius 1 is 1.29 bits per heavy atom. The lowest BCUT2D eigenvalue weighted by Gasteiger charge is -2.34. The second-order valence-electron chi connectivity index (χ2n) is 6.36. The third kappa shape index (κ3) is 5.29. The number of aromatic nitrogens is 1. The van der Waals surface area contributed by atoms with Gasteiger partial charge in [0.05, 0.1) is 5.69 Å². The maximum absolute atomic E-state index is 4.81. The molecule has 0 radical (unpaired) electrons. The van der Waals surface area contributed by atoms with Crippen LogP contribution >= 0.6 is 0 Å². The van der Waals surface area contributed by atoms with Crippen LogP contribution in [0.4, 0.5) is 5.82 Å². The maximum atomic E-state index is 4.81. The molecule has 1 fully saturated rings. The highest BCUT2D eigenvalue weighted by molar-refractivity contribution is 5.39. The minimum Gasteiger partial charge on any atom is -0.357 e. The molecule has 2 rings (SSSR count). The maximum Gasteiger partial charge on any atom is 0.128 e. The molecule has 0 amide bonds. The van der Waals surface area contributed by atoms with Crippen LogP contribution in [0.2, 0.25) is 0 Å². The predicted molar refractivity (Wildman–Crippen MR) is 89.7 cm³/mol. The number of nitrogens with zero attached hydrogens (tertiary/aromatic N) is 3. The van der Waals surface area contributed by atoms with E-state index in [1.165, 1.54) is 25.8 Å². The fourth-order valence-corrected chi connectivity index (χ4v) is 3.00. The van der Waals surface area contributed by atoms with Crippen molar-refractivity contribution in [3.63, 3.8) is 0 Å². The predicted octanol–water partition coefficient (Wildman–Crippen LogP) is 2.36. The fourth-order valence-electron chi connectivity index (χ4n) is 3.00. The lowest BCUT2D eigenvalue weighted by Crippen LogP contribution is -2.37. The normalized spacial score (nSPS) is 16.7. The average Bonchev–Trinajstić information content (AvgIpc) is 2.48. The van der Waals surface area contributed by atoms with Crippen molar-refractivity contribution >= 4 is 5.82 Å². The zero-order valence-electron chi connectivity index (χ0n) is 13.8. The Balaban J connectivity index is 1.86. The number of nitrogens with one attached hydrogen (secondary N) is 1. The molecule has 1 aliphatic heterocycles. The molecule has 0 aliphatic carbocycles. The van der Waals surface area contributed by atoms with Gasteiger partial charge in [-0.05, 0) is 58.0 Å². The van der Waals surface area contributed by atoms with Gasteiger partial charge in [-0.3, -0.25) is 0 Å². The Morgan fingerprint density at radius 3 is 2.71 bits per heavy atom. The molecule has 1 aliphatic rings. The summed E-state index contributed by atoms with van der Waals surface area (Å²) in [5.74, 6) is 1.99. The zero-order valence-corrected chi connectivity index (χ0v) is 13.8. The van der Waals surface area contributed by atoms with Crippen LogP contribution in [-0.2, 0) is 6.54 Å². The molecule has 1 saturated heterocycles. The van der Waals surface area contributed by atoms with E-state index < -0.39 is 0 Å². The second-order valence-corrected chi connectivity index (χ2v) is 6.36. The number of hydrogen-bond donors (Lipinski definition) is 1. The third-order valence-electron chi connectivity index (χ3n) is 4.09. The van der Waals surface area contributed by atoms with E-state index in [1.807, 2.05) is 0 Å². The van der Waals surface area contributed by atoms with Gasteiger partial charge in [0.1, 0.15) is 5.82 Å². The Labute approximate surface area is 129 Å². The van der Waals surface area contributed by atoms with E-state index in [9.17, 15) is 0 Å². The van der Waals surface area contributed by atoms with Crippen LogP contribution in [0.5, 0.6) is 0 Å². The topological polar surface area (TPSA) is 31.4 Å². The van der Waals surface area contributed by atoms with Gasteiger partial charge in [0.15, 0.2) is 0 Å². The summed E-state index contributed by atoms with van der Waals surface area (Å²) in [6, 6.07) is 6.40. The Morgan fingerprint density at radius 2 is 2.05 bits per heavy atom. The summed E-state index contributed by atoms with van der Waals surface area (Å²) in [6.45, 7) is 7.60. The van der Waals surface area contributed by atoms with Crippen LogP contribution in [0.3, 0.4) is 0 Å². The van der Waals surface area contributed by atoms with E-state index >= 15 is 0 Å². The van der Waals surface area contributed by atoms with E-state index in [2.05, 4.69) is 54.3 Å². The first-order valence-corrected chi connectivity index (χ1v) is 8.25. The first kappa shape index (κ1) is 16.2. The molecule has 0 unspecified atom stereocenters. The lowest BCUT2D eigenvalue weighted by molar-refractivity contribution is 0.284. The molecule has 1 aromatic heterocycles. The molecule has 1 aromatic rings. The second kappa shape index (κ2) is 8.35. The lowest BCUT2D eigenvalue weighted by atomic mass is 9.96. The van der Waals surface area contributed by atoms with Crippen molar-refractivity contribution in [3.8, 4) is 0 Å². The number of pyridine rings is 1. The Bertz CT molecular complexity index is 411. The van der Waals surface area contributed by atoms with Gasteiger partial charge in [0, 0.05) is 26.2 Å². The minimum atomic E-state index is 0.839. The molecule has 118 valence electrons. The van der Waals surface area contributed by atoms with Crippen molar-refractivity contribution in [1.82, 2.24) is 15.2 Å². The van der Waals surface area contributed by atoms with Gasteiger partial charge in [-0.1, -0.05) is 13.0 Å². The van der Waals surface area contributed by atoms with Crippen LogP contribution in [0.1, 0.15) is 31.9 Å². The SMILES string of the molecule is CCCNCc1cccc(N2CCC(CN(C)C)CC2)n1. The van der Waals surface area contributed by atoms with Gasteiger partial charge in [-0.25, -0.2) is 4.98 Å². The van der Waals surface area contributed by atoms with E-state index in [1.54, 1.807) is 0 Å². The van der Waals surface area contributed by atoms with Crippen LogP contribution in [0.25, 0.3) is 0 Å². The van der Waals surface area contributed by atoms with Crippen LogP contribution < -0.4 is 10.2 Å².